The van der Waals surface area contributed by atoms with Gasteiger partial charge in [-0.2, -0.15) is 0 Å². The monoisotopic (exact) mass is 366 g/mol. The molecule has 1 unspecified atom stereocenters. The van der Waals surface area contributed by atoms with E-state index in [9.17, 15) is 9.59 Å². The number of carbonyl (C=O) groups is 2. The second kappa shape index (κ2) is 18.2. The molecule has 0 heterocycles. The molecule has 0 spiro atoms. The molecule has 0 radical (unpaired) electrons. The van der Waals surface area contributed by atoms with Crippen LogP contribution in [0.1, 0.15) is 96.3 Å². The summed E-state index contributed by atoms with van der Waals surface area (Å²) in [5.41, 5.74) is 0. The van der Waals surface area contributed by atoms with Crippen molar-refractivity contribution in [2.24, 2.45) is 5.92 Å². The van der Waals surface area contributed by atoms with E-state index >= 15 is 0 Å². The molecule has 0 bridgehead atoms. The van der Waals surface area contributed by atoms with Crippen molar-refractivity contribution in [1.29, 1.82) is 0 Å². The lowest BCUT2D eigenvalue weighted by atomic mass is 9.95. The van der Waals surface area contributed by atoms with Crippen molar-refractivity contribution in [2.75, 3.05) is 0 Å². The Morgan fingerprint density at radius 2 is 1.19 bits per heavy atom. The Morgan fingerprint density at radius 3 is 1.77 bits per heavy atom. The molecule has 0 saturated heterocycles. The highest BCUT2D eigenvalue weighted by Gasteiger charge is 2.03. The summed E-state index contributed by atoms with van der Waals surface area (Å²) in [6.07, 6.45) is 21.1. The molecule has 2 N–H and O–H groups in total. The average molecular weight is 367 g/mol. The fourth-order valence-electron chi connectivity index (χ4n) is 3.03. The van der Waals surface area contributed by atoms with Crippen LogP contribution in [0.5, 0.6) is 0 Å². The number of rotatable bonds is 19. The molecule has 0 fully saturated rings. The second-order valence-electron chi connectivity index (χ2n) is 7.09. The lowest BCUT2D eigenvalue weighted by Crippen LogP contribution is -1.97. The van der Waals surface area contributed by atoms with Gasteiger partial charge in [-0.25, -0.2) is 0 Å². The number of allylic oxidation sites excluding steroid dienone is 3. The van der Waals surface area contributed by atoms with Crippen LogP contribution in [0.2, 0.25) is 0 Å². The van der Waals surface area contributed by atoms with E-state index in [0.717, 1.165) is 70.6 Å². The van der Waals surface area contributed by atoms with Gasteiger partial charge in [-0.15, -0.1) is 6.58 Å². The first-order chi connectivity index (χ1) is 12.6. The number of hydrogen-bond donors (Lipinski definition) is 2. The Bertz CT molecular complexity index is 401. The summed E-state index contributed by atoms with van der Waals surface area (Å²) in [5.74, 6) is -0.823. The number of carboxylic acids is 2. The van der Waals surface area contributed by atoms with Crippen LogP contribution in [0, 0.1) is 5.92 Å². The fourth-order valence-corrected chi connectivity index (χ4v) is 3.03. The first-order valence-corrected chi connectivity index (χ1v) is 10.3. The lowest BCUT2D eigenvalue weighted by Gasteiger charge is -2.10. The number of aliphatic carboxylic acids is 2. The molecule has 0 aliphatic rings. The van der Waals surface area contributed by atoms with Crippen LogP contribution in [-0.4, -0.2) is 22.2 Å². The Labute approximate surface area is 159 Å². The Balaban J connectivity index is 3.46. The van der Waals surface area contributed by atoms with Gasteiger partial charge in [0.05, 0.1) is 0 Å². The minimum Gasteiger partial charge on any atom is -0.481 e. The fraction of sp³-hybridized carbons (Fsp3) is 0.727. The summed E-state index contributed by atoms with van der Waals surface area (Å²) in [6, 6.07) is 0. The zero-order chi connectivity index (χ0) is 19.5. The maximum atomic E-state index is 10.4. The van der Waals surface area contributed by atoms with Crippen molar-refractivity contribution in [1.82, 2.24) is 0 Å². The summed E-state index contributed by atoms with van der Waals surface area (Å²) < 4.78 is 0. The third-order valence-electron chi connectivity index (χ3n) is 4.68. The maximum Gasteiger partial charge on any atom is 0.303 e. The molecule has 0 rings (SSSR count). The van der Waals surface area contributed by atoms with Crippen LogP contribution in [0.25, 0.3) is 0 Å². The molecule has 1 atom stereocenters. The summed E-state index contributed by atoms with van der Waals surface area (Å²) in [7, 11) is 0. The van der Waals surface area contributed by atoms with Gasteiger partial charge in [-0.05, 0) is 50.9 Å². The average Bonchev–Trinajstić information content (AvgIpc) is 2.60. The van der Waals surface area contributed by atoms with Gasteiger partial charge in [-0.3, -0.25) is 9.59 Å². The molecule has 4 heteroatoms. The van der Waals surface area contributed by atoms with E-state index in [2.05, 4.69) is 24.8 Å². The Kier molecular flexibility index (Phi) is 17.1. The first-order valence-electron chi connectivity index (χ1n) is 10.3. The Hall–Kier alpha value is -1.58. The smallest absolute Gasteiger partial charge is 0.303 e. The molecule has 0 aromatic rings. The number of carboxylic acid groups (broad SMARTS) is 2. The summed E-state index contributed by atoms with van der Waals surface area (Å²) in [4.78, 5) is 20.8. The molecule has 150 valence electrons. The van der Waals surface area contributed by atoms with Gasteiger partial charge < -0.3 is 10.2 Å². The highest BCUT2D eigenvalue weighted by Crippen LogP contribution is 2.18. The molecule has 0 aromatic heterocycles. The van der Waals surface area contributed by atoms with E-state index in [4.69, 9.17) is 10.2 Å². The standard InChI is InChI=1S/C22H38O4/c1-2-20(17-13-10-11-15-19-22(25)26)16-12-8-6-4-3-5-7-9-14-18-21(23)24/h2,6,8,20H,1,3-5,7,9-19H2,(H,23,24)(H,25,26). The molecule has 0 amide bonds. The van der Waals surface area contributed by atoms with Crippen LogP contribution >= 0.6 is 0 Å². The predicted octanol–water partition coefficient (Wildman–Crippen LogP) is 6.37. The van der Waals surface area contributed by atoms with Crippen molar-refractivity contribution in [3.8, 4) is 0 Å². The van der Waals surface area contributed by atoms with Gasteiger partial charge >= 0.3 is 11.9 Å². The third-order valence-corrected chi connectivity index (χ3v) is 4.68. The highest BCUT2D eigenvalue weighted by molar-refractivity contribution is 5.66. The van der Waals surface area contributed by atoms with Crippen molar-refractivity contribution in [3.05, 3.63) is 24.8 Å². The van der Waals surface area contributed by atoms with Gasteiger partial charge in [0.1, 0.15) is 0 Å². The van der Waals surface area contributed by atoms with Crippen LogP contribution < -0.4 is 0 Å². The van der Waals surface area contributed by atoms with Crippen molar-refractivity contribution < 1.29 is 19.8 Å². The topological polar surface area (TPSA) is 74.6 Å². The highest BCUT2D eigenvalue weighted by atomic mass is 16.4. The van der Waals surface area contributed by atoms with Gasteiger partial charge in [0, 0.05) is 12.8 Å². The normalized spacial score (nSPS) is 12.3. The lowest BCUT2D eigenvalue weighted by molar-refractivity contribution is -0.138. The minimum atomic E-state index is -0.695. The molecule has 0 saturated carbocycles. The van der Waals surface area contributed by atoms with Gasteiger partial charge in [0.2, 0.25) is 0 Å². The zero-order valence-electron chi connectivity index (χ0n) is 16.3. The van der Waals surface area contributed by atoms with E-state index in [-0.39, 0.29) is 6.42 Å². The summed E-state index contributed by atoms with van der Waals surface area (Å²) in [5, 5.41) is 17.2. The summed E-state index contributed by atoms with van der Waals surface area (Å²) in [6.45, 7) is 3.94. The van der Waals surface area contributed by atoms with E-state index in [1.807, 2.05) is 0 Å². The van der Waals surface area contributed by atoms with Crippen LogP contribution in [0.3, 0.4) is 0 Å². The summed E-state index contributed by atoms with van der Waals surface area (Å²) >= 11 is 0. The molecule has 4 nitrogen and oxygen atoms in total. The van der Waals surface area contributed by atoms with Crippen LogP contribution in [-0.2, 0) is 9.59 Å². The molecular weight excluding hydrogens is 328 g/mol. The van der Waals surface area contributed by atoms with Crippen molar-refractivity contribution in [2.45, 2.75) is 96.3 Å². The van der Waals surface area contributed by atoms with Gasteiger partial charge in [-0.1, -0.05) is 56.8 Å². The molecule has 26 heavy (non-hydrogen) atoms. The SMILES string of the molecule is C=CC(CCC=CCCCCCCCC(=O)O)CCCCCCC(=O)O. The van der Waals surface area contributed by atoms with E-state index < -0.39 is 11.9 Å². The largest absolute Gasteiger partial charge is 0.481 e. The predicted molar refractivity (Wildman–Crippen MR) is 107 cm³/mol. The molecular formula is C22H38O4. The number of hydrogen-bond acceptors (Lipinski definition) is 2. The molecule has 0 aromatic carbocycles. The molecule has 0 aliphatic heterocycles. The third kappa shape index (κ3) is 18.8. The zero-order valence-corrected chi connectivity index (χ0v) is 16.3. The maximum absolute atomic E-state index is 10.4. The van der Waals surface area contributed by atoms with E-state index in [1.54, 1.807) is 0 Å². The van der Waals surface area contributed by atoms with Crippen LogP contribution in [0.15, 0.2) is 24.8 Å². The van der Waals surface area contributed by atoms with E-state index in [1.165, 1.54) is 12.8 Å². The number of unbranched alkanes of at least 4 members (excludes halogenated alkanes) is 8. The van der Waals surface area contributed by atoms with Crippen LogP contribution in [0.4, 0.5) is 0 Å². The van der Waals surface area contributed by atoms with Crippen molar-refractivity contribution >= 4 is 11.9 Å². The van der Waals surface area contributed by atoms with E-state index in [0.29, 0.717) is 12.3 Å². The van der Waals surface area contributed by atoms with Gasteiger partial charge in [0.15, 0.2) is 0 Å². The quantitative estimate of drug-likeness (QED) is 0.206. The van der Waals surface area contributed by atoms with Crippen molar-refractivity contribution in [3.63, 3.8) is 0 Å². The Morgan fingerprint density at radius 1 is 0.692 bits per heavy atom. The van der Waals surface area contributed by atoms with Gasteiger partial charge in [0.25, 0.3) is 0 Å². The molecule has 0 aliphatic carbocycles. The first kappa shape index (κ1) is 24.4. The minimum absolute atomic E-state index is 0.290. The second-order valence-corrected chi connectivity index (χ2v) is 7.09.